The van der Waals surface area contributed by atoms with Crippen molar-refractivity contribution >= 4 is 43.8 Å². The zero-order chi connectivity index (χ0) is 10.9. The van der Waals surface area contributed by atoms with Gasteiger partial charge in [0.05, 0.1) is 11.8 Å². The van der Waals surface area contributed by atoms with Crippen molar-refractivity contribution in [2.45, 2.75) is 22.5 Å². The summed E-state index contributed by atoms with van der Waals surface area (Å²) < 4.78 is 0. The van der Waals surface area contributed by atoms with E-state index in [4.69, 9.17) is 10.2 Å². The van der Waals surface area contributed by atoms with Crippen LogP contribution in [0.1, 0.15) is 12.8 Å². The molecule has 0 spiro atoms. The first-order chi connectivity index (χ1) is 6.43. The Bertz CT molecular complexity index is 256. The lowest BCUT2D eigenvalue weighted by Crippen LogP contribution is -2.42. The Kier molecular flexibility index (Phi) is 3.94. The molecule has 6 heteroatoms. The standard InChI is InChI=1S/C8H10Br2O4/c9-3-1-4(7(11)12)6(8(13)14)5(10)2-3/h3-6H,1-2H2,(H,11,12)(H,13,14). The lowest BCUT2D eigenvalue weighted by Gasteiger charge is -2.32. The van der Waals surface area contributed by atoms with E-state index < -0.39 is 23.8 Å². The summed E-state index contributed by atoms with van der Waals surface area (Å²) in [6.07, 6.45) is 1.01. The van der Waals surface area contributed by atoms with E-state index in [0.717, 1.165) is 0 Å². The number of carboxylic acid groups (broad SMARTS) is 2. The summed E-state index contributed by atoms with van der Waals surface area (Å²) in [5, 5.41) is 17.8. The van der Waals surface area contributed by atoms with Gasteiger partial charge in [-0.25, -0.2) is 0 Å². The molecule has 0 heterocycles. The van der Waals surface area contributed by atoms with E-state index in [2.05, 4.69) is 31.9 Å². The van der Waals surface area contributed by atoms with Crippen LogP contribution in [0.15, 0.2) is 0 Å². The normalized spacial score (nSPS) is 37.9. The second-order valence-electron chi connectivity index (χ2n) is 3.39. The number of carbonyl (C=O) groups is 2. The molecule has 14 heavy (non-hydrogen) atoms. The van der Waals surface area contributed by atoms with Gasteiger partial charge in [-0.05, 0) is 12.8 Å². The lowest BCUT2D eigenvalue weighted by molar-refractivity contribution is -0.155. The summed E-state index contributed by atoms with van der Waals surface area (Å²) in [4.78, 5) is 21.5. The number of aliphatic carboxylic acids is 2. The van der Waals surface area contributed by atoms with Crippen molar-refractivity contribution in [2.24, 2.45) is 11.8 Å². The maximum absolute atomic E-state index is 10.9. The number of hydrogen-bond acceptors (Lipinski definition) is 2. The van der Waals surface area contributed by atoms with Crippen LogP contribution in [-0.2, 0) is 9.59 Å². The summed E-state index contributed by atoms with van der Waals surface area (Å²) in [6.45, 7) is 0. The average molecular weight is 330 g/mol. The third kappa shape index (κ3) is 2.48. The molecule has 80 valence electrons. The highest BCUT2D eigenvalue weighted by Gasteiger charge is 2.43. The van der Waals surface area contributed by atoms with Crippen LogP contribution in [0.3, 0.4) is 0 Å². The number of hydrogen-bond donors (Lipinski definition) is 2. The van der Waals surface area contributed by atoms with Gasteiger partial charge in [-0.15, -0.1) is 0 Å². The molecule has 0 bridgehead atoms. The van der Waals surface area contributed by atoms with Gasteiger partial charge in [-0.1, -0.05) is 31.9 Å². The number of halogens is 2. The Hall–Kier alpha value is -0.100. The zero-order valence-corrected chi connectivity index (χ0v) is 10.4. The predicted molar refractivity (Wildman–Crippen MR) is 56.9 cm³/mol. The van der Waals surface area contributed by atoms with E-state index in [1.165, 1.54) is 0 Å². The van der Waals surface area contributed by atoms with Gasteiger partial charge in [-0.3, -0.25) is 9.59 Å². The fourth-order valence-corrected chi connectivity index (χ4v) is 4.10. The number of carboxylic acids is 2. The van der Waals surface area contributed by atoms with Gasteiger partial charge in [0.25, 0.3) is 0 Å². The topological polar surface area (TPSA) is 74.6 Å². The van der Waals surface area contributed by atoms with Crippen LogP contribution in [0.5, 0.6) is 0 Å². The van der Waals surface area contributed by atoms with Crippen molar-refractivity contribution in [3.05, 3.63) is 0 Å². The molecule has 1 aliphatic rings. The highest BCUT2D eigenvalue weighted by molar-refractivity contribution is 9.10. The summed E-state index contributed by atoms with van der Waals surface area (Å²) in [5.74, 6) is -3.72. The van der Waals surface area contributed by atoms with E-state index >= 15 is 0 Å². The van der Waals surface area contributed by atoms with Crippen molar-refractivity contribution < 1.29 is 19.8 Å². The molecule has 1 aliphatic carbocycles. The monoisotopic (exact) mass is 328 g/mol. The molecule has 0 saturated heterocycles. The van der Waals surface area contributed by atoms with E-state index in [9.17, 15) is 9.59 Å². The predicted octanol–water partition coefficient (Wildman–Crippen LogP) is 1.71. The largest absolute Gasteiger partial charge is 0.481 e. The molecular weight excluding hydrogens is 320 g/mol. The van der Waals surface area contributed by atoms with E-state index in [0.29, 0.717) is 12.8 Å². The van der Waals surface area contributed by atoms with E-state index in [-0.39, 0.29) is 9.65 Å². The third-order valence-corrected chi connectivity index (χ3v) is 4.11. The average Bonchev–Trinajstić information content (AvgIpc) is 2.01. The van der Waals surface area contributed by atoms with Crippen molar-refractivity contribution in [1.82, 2.24) is 0 Å². The van der Waals surface area contributed by atoms with Crippen molar-refractivity contribution in [1.29, 1.82) is 0 Å². The first-order valence-electron chi connectivity index (χ1n) is 4.17. The van der Waals surface area contributed by atoms with Gasteiger partial charge in [0.2, 0.25) is 0 Å². The van der Waals surface area contributed by atoms with Crippen LogP contribution in [-0.4, -0.2) is 31.8 Å². The molecule has 0 amide bonds. The maximum Gasteiger partial charge on any atom is 0.308 e. The highest BCUT2D eigenvalue weighted by atomic mass is 79.9. The molecular formula is C8H10Br2O4. The first-order valence-corrected chi connectivity index (χ1v) is 6.00. The lowest BCUT2D eigenvalue weighted by atomic mass is 9.79. The van der Waals surface area contributed by atoms with Crippen molar-refractivity contribution in [3.63, 3.8) is 0 Å². The number of rotatable bonds is 2. The van der Waals surface area contributed by atoms with Gasteiger partial charge >= 0.3 is 11.9 Å². The van der Waals surface area contributed by atoms with E-state index in [1.807, 2.05) is 0 Å². The molecule has 1 rings (SSSR count). The smallest absolute Gasteiger partial charge is 0.308 e. The fourth-order valence-electron chi connectivity index (χ4n) is 1.74. The number of alkyl halides is 2. The molecule has 1 saturated carbocycles. The van der Waals surface area contributed by atoms with Crippen LogP contribution in [0.25, 0.3) is 0 Å². The Morgan fingerprint density at radius 2 is 1.64 bits per heavy atom. The molecule has 0 radical (unpaired) electrons. The summed E-state index contributed by atoms with van der Waals surface area (Å²) in [6, 6.07) is 0. The van der Waals surface area contributed by atoms with Crippen LogP contribution in [0.4, 0.5) is 0 Å². The Labute approximate surface area is 97.9 Å². The maximum atomic E-state index is 10.9. The Morgan fingerprint density at radius 1 is 1.07 bits per heavy atom. The molecule has 0 aromatic carbocycles. The molecule has 1 fully saturated rings. The molecule has 2 N–H and O–H groups in total. The van der Waals surface area contributed by atoms with Crippen LogP contribution in [0, 0.1) is 11.8 Å². The minimum Gasteiger partial charge on any atom is -0.481 e. The van der Waals surface area contributed by atoms with Gasteiger partial charge in [0, 0.05) is 9.65 Å². The molecule has 4 unspecified atom stereocenters. The zero-order valence-electron chi connectivity index (χ0n) is 7.19. The summed E-state index contributed by atoms with van der Waals surface area (Å²) in [7, 11) is 0. The quantitative estimate of drug-likeness (QED) is 0.756. The Balaban J connectivity index is 2.86. The minimum absolute atomic E-state index is 0.0728. The first kappa shape index (κ1) is 12.0. The van der Waals surface area contributed by atoms with Gasteiger partial charge in [0.1, 0.15) is 0 Å². The van der Waals surface area contributed by atoms with Gasteiger partial charge in [-0.2, -0.15) is 0 Å². The second-order valence-corrected chi connectivity index (χ2v) is 5.86. The van der Waals surface area contributed by atoms with Gasteiger partial charge in [0.15, 0.2) is 0 Å². The second kappa shape index (κ2) is 4.61. The minimum atomic E-state index is -1.04. The molecule has 0 aliphatic heterocycles. The van der Waals surface area contributed by atoms with Crippen LogP contribution >= 0.6 is 31.9 Å². The fraction of sp³-hybridized carbons (Fsp3) is 0.750. The molecule has 4 atom stereocenters. The van der Waals surface area contributed by atoms with Crippen molar-refractivity contribution in [3.8, 4) is 0 Å². The van der Waals surface area contributed by atoms with Crippen LogP contribution in [0.2, 0.25) is 0 Å². The SMILES string of the molecule is O=C(O)C1CC(Br)CC(Br)C1C(=O)O. The third-order valence-electron chi connectivity index (χ3n) is 2.42. The molecule has 0 aromatic rings. The van der Waals surface area contributed by atoms with E-state index in [1.54, 1.807) is 0 Å². The Morgan fingerprint density at radius 3 is 2.07 bits per heavy atom. The van der Waals surface area contributed by atoms with Gasteiger partial charge < -0.3 is 10.2 Å². The van der Waals surface area contributed by atoms with Crippen LogP contribution < -0.4 is 0 Å². The summed E-state index contributed by atoms with van der Waals surface area (Å²) in [5.41, 5.74) is 0. The molecule has 0 aromatic heterocycles. The molecule has 4 nitrogen and oxygen atoms in total. The van der Waals surface area contributed by atoms with Crippen molar-refractivity contribution in [2.75, 3.05) is 0 Å². The highest BCUT2D eigenvalue weighted by Crippen LogP contribution is 2.38. The summed E-state index contributed by atoms with van der Waals surface area (Å²) >= 11 is 6.56.